The van der Waals surface area contributed by atoms with Crippen LogP contribution in [0, 0.1) is 100 Å². The number of piperidine rings is 2. The van der Waals surface area contributed by atoms with Crippen LogP contribution in [0.5, 0.6) is 0 Å². The zero-order chi connectivity index (χ0) is 74.8. The molecule has 0 saturated carbocycles. The van der Waals surface area contributed by atoms with E-state index in [9.17, 15) is 0 Å². The van der Waals surface area contributed by atoms with Crippen LogP contribution < -0.4 is 0 Å². The van der Waals surface area contributed by atoms with E-state index < -0.39 is 0 Å². The van der Waals surface area contributed by atoms with Crippen LogP contribution in [0.2, 0.25) is 0 Å². The normalized spacial score (nSPS) is 28.3. The van der Waals surface area contributed by atoms with E-state index in [1.165, 1.54) is 77.7 Å². The summed E-state index contributed by atoms with van der Waals surface area (Å²) < 4.78 is 18.7. The summed E-state index contributed by atoms with van der Waals surface area (Å²) in [6.07, 6.45) is 13.9. The van der Waals surface area contributed by atoms with Crippen molar-refractivity contribution in [1.29, 1.82) is 0 Å². The summed E-state index contributed by atoms with van der Waals surface area (Å²) in [4.78, 5) is 8.15. The smallest absolute Gasteiger partial charge is 0.159 e. The summed E-state index contributed by atoms with van der Waals surface area (Å²) in [5.41, 5.74) is 5.46. The lowest BCUT2D eigenvalue weighted by atomic mass is 9.61. The average molecular weight is 1330 g/mol. The molecule has 11 atom stereocenters. The molecule has 0 amide bonds. The highest BCUT2D eigenvalue weighted by molar-refractivity contribution is 5.02. The van der Waals surface area contributed by atoms with Crippen molar-refractivity contribution in [1.82, 2.24) is 14.7 Å². The molecule has 6 heteroatoms. The molecule has 6 nitrogen and oxygen atoms in total. The number of hydrogen-bond acceptors (Lipinski definition) is 6. The Morgan fingerprint density at radius 1 is 0.351 bits per heavy atom. The van der Waals surface area contributed by atoms with E-state index in [0.29, 0.717) is 112 Å². The third-order valence-electron chi connectivity index (χ3n) is 21.9. The van der Waals surface area contributed by atoms with Crippen LogP contribution >= 0.6 is 0 Å². The zero-order valence-corrected chi connectivity index (χ0v) is 73.5. The van der Waals surface area contributed by atoms with Crippen molar-refractivity contribution in [2.75, 3.05) is 32.7 Å². The minimum Gasteiger partial charge on any atom is -0.375 e. The first kappa shape index (κ1) is 91.8. The molecule has 5 aliphatic heterocycles. The second kappa shape index (κ2) is 32.2. The summed E-state index contributed by atoms with van der Waals surface area (Å²) in [5.74, 6) is 4.31. The Balaban J connectivity index is 0.000000588. The predicted molar refractivity (Wildman–Crippen MR) is 420 cm³/mol. The Bertz CT molecular complexity index is 2090. The Kier molecular flexibility index (Phi) is 31.4. The highest BCUT2D eigenvalue weighted by atomic mass is 16.7. The molecular weight excluding hydrogens is 1150 g/mol. The molecule has 0 spiro atoms. The van der Waals surface area contributed by atoms with E-state index >= 15 is 0 Å². The quantitative estimate of drug-likeness (QED) is 0.264. The topological polar surface area (TPSA) is 37.4 Å². The molecule has 5 rings (SSSR count). The molecule has 0 aliphatic carbocycles. The molecule has 0 aromatic rings. The van der Waals surface area contributed by atoms with Crippen LogP contribution in [0.4, 0.5) is 0 Å². The molecule has 5 fully saturated rings. The first-order valence-electron chi connectivity index (χ1n) is 39.1. The van der Waals surface area contributed by atoms with Crippen LogP contribution in [-0.4, -0.2) is 100 Å². The monoisotopic (exact) mass is 1330 g/mol. The second-order valence-corrected chi connectivity index (χ2v) is 48.8. The fraction of sp³-hybridized carbons (Fsp3) is 1.00. The molecular formula is C88H179N3O3. The van der Waals surface area contributed by atoms with E-state index in [-0.39, 0.29) is 17.3 Å². The maximum Gasteiger partial charge on any atom is 0.159 e. The van der Waals surface area contributed by atoms with Crippen molar-refractivity contribution in [3.8, 4) is 0 Å². The van der Waals surface area contributed by atoms with Crippen LogP contribution in [0.3, 0.4) is 0 Å². The summed E-state index contributed by atoms with van der Waals surface area (Å²) in [7, 11) is 0. The van der Waals surface area contributed by atoms with E-state index in [1.54, 1.807) is 0 Å². The minimum absolute atomic E-state index is 0.0448. The molecule has 0 N–H and O–H groups in total. The van der Waals surface area contributed by atoms with Gasteiger partial charge in [-0.3, -0.25) is 14.7 Å². The van der Waals surface area contributed by atoms with Crippen LogP contribution in [-0.2, 0) is 14.2 Å². The molecule has 0 radical (unpaired) electrons. The lowest BCUT2D eigenvalue weighted by molar-refractivity contribution is -0.190. The van der Waals surface area contributed by atoms with E-state index in [1.807, 2.05) is 0 Å². The number of rotatable bonds is 6. The van der Waals surface area contributed by atoms with Gasteiger partial charge < -0.3 is 14.2 Å². The minimum atomic E-state index is -0.135. The molecule has 564 valence electrons. The number of nitrogens with zero attached hydrogens (tertiary/aromatic N) is 3. The third-order valence-corrected chi connectivity index (χ3v) is 21.9. The van der Waals surface area contributed by atoms with Crippen molar-refractivity contribution >= 4 is 0 Å². The van der Waals surface area contributed by atoms with E-state index in [0.717, 1.165) is 43.1 Å². The van der Waals surface area contributed by atoms with Gasteiger partial charge in [0.1, 0.15) is 0 Å². The van der Waals surface area contributed by atoms with Crippen LogP contribution in [0.25, 0.3) is 0 Å². The van der Waals surface area contributed by atoms with Crippen molar-refractivity contribution in [3.63, 3.8) is 0 Å². The van der Waals surface area contributed by atoms with Gasteiger partial charge in [-0.15, -0.1) is 0 Å². The third kappa shape index (κ3) is 33.7. The summed E-state index contributed by atoms with van der Waals surface area (Å²) in [6.45, 7) is 114. The Labute approximate surface area is 594 Å². The van der Waals surface area contributed by atoms with Crippen LogP contribution in [0.15, 0.2) is 0 Å². The fourth-order valence-corrected chi connectivity index (χ4v) is 17.5. The van der Waals surface area contributed by atoms with Gasteiger partial charge >= 0.3 is 0 Å². The van der Waals surface area contributed by atoms with Gasteiger partial charge in [0.25, 0.3) is 0 Å². The van der Waals surface area contributed by atoms with Gasteiger partial charge in [-0.25, -0.2) is 0 Å². The van der Waals surface area contributed by atoms with Crippen molar-refractivity contribution in [2.24, 2.45) is 100 Å². The van der Waals surface area contributed by atoms with Crippen molar-refractivity contribution < 1.29 is 14.2 Å². The Hall–Kier alpha value is -0.240. The number of ether oxygens (including phenoxy) is 3. The lowest BCUT2D eigenvalue weighted by Gasteiger charge is -2.51. The molecule has 5 aliphatic rings. The molecule has 0 aromatic heterocycles. The summed E-state index contributed by atoms with van der Waals surface area (Å²) >= 11 is 0. The molecule has 0 bridgehead atoms. The summed E-state index contributed by atoms with van der Waals surface area (Å²) in [5, 5.41) is 0. The van der Waals surface area contributed by atoms with Gasteiger partial charge in [-0.2, -0.15) is 0 Å². The van der Waals surface area contributed by atoms with Gasteiger partial charge in [-0.05, 0) is 261 Å². The van der Waals surface area contributed by atoms with Crippen molar-refractivity contribution in [3.05, 3.63) is 0 Å². The van der Waals surface area contributed by atoms with Crippen LogP contribution in [0.1, 0.15) is 383 Å². The molecule has 0 aromatic carbocycles. The Morgan fingerprint density at radius 2 is 0.713 bits per heavy atom. The van der Waals surface area contributed by atoms with Gasteiger partial charge in [-0.1, -0.05) is 228 Å². The fourth-order valence-electron chi connectivity index (χ4n) is 17.5. The SMILES string of the molecule is CC(C)(C)C1CC(C(C)(C)C)CN(C(C)(C)C)C1.CC(C)(C)CC1(CC(C)(C)C)CCN(C(C)(C)C)CC1.CC(C)(C)CC1CC(C(C)(C)C)CN1C(C)(C)C.CC(C)(C)CC1OC(OC(C)(C)C)CC1C(C)(C)C.CC1OC(CC(C)(C)C)C(C(C)(C)C)C1C(C)(C)C. The van der Waals surface area contributed by atoms with Gasteiger partial charge in [0, 0.05) is 48.7 Å². The van der Waals surface area contributed by atoms with E-state index in [4.69, 9.17) is 14.2 Å². The van der Waals surface area contributed by atoms with Gasteiger partial charge in [0.2, 0.25) is 0 Å². The zero-order valence-electron chi connectivity index (χ0n) is 73.5. The molecule has 11 unspecified atom stereocenters. The number of likely N-dealkylation sites (tertiary alicyclic amines) is 3. The Morgan fingerprint density at radius 3 is 1.01 bits per heavy atom. The molecule has 5 saturated heterocycles. The van der Waals surface area contributed by atoms with Gasteiger partial charge in [0.05, 0.1) is 23.9 Å². The van der Waals surface area contributed by atoms with Gasteiger partial charge in [0.15, 0.2) is 6.29 Å². The first-order chi connectivity index (χ1) is 40.9. The molecule has 94 heavy (non-hydrogen) atoms. The average Bonchev–Trinajstić information content (AvgIpc) is 1.52. The highest BCUT2D eigenvalue weighted by Gasteiger charge is 2.53. The number of hydrogen-bond donors (Lipinski definition) is 0. The lowest BCUT2D eigenvalue weighted by Crippen LogP contribution is -2.54. The largest absolute Gasteiger partial charge is 0.375 e. The second-order valence-electron chi connectivity index (χ2n) is 48.8. The van der Waals surface area contributed by atoms with Crippen molar-refractivity contribution in [2.45, 2.75) is 436 Å². The maximum absolute atomic E-state index is 6.42. The molecule has 5 heterocycles. The first-order valence-corrected chi connectivity index (χ1v) is 39.1. The predicted octanol–water partition coefficient (Wildman–Crippen LogP) is 26.1. The maximum atomic E-state index is 6.42. The summed E-state index contributed by atoms with van der Waals surface area (Å²) in [6, 6.07) is 0.759. The highest BCUT2D eigenvalue weighted by Crippen LogP contribution is 2.54. The standard InChI is InChI=1S/C19H39N.C18H36O.2C17H35N.C17H34O2/c1-16(2,3)14-19(15-17(4,5)6)10-12-20(13-11-19)18(7,8)9;1-12-14(17(5,6)7)15(18(8,9)10)13(19-12)11-16(2,3)4;1-15(2,3)11-14-10-13(16(4,5)6)12-18(14)17(7,8)9;1-15(2,3)13-10-14(16(4,5)6)12-18(11-13)17(7,8)9;1-15(2,3)11-13-12(16(4,5)6)10-14(18-13)19-17(7,8)9/h10-15H2,1-9H3;12-15H,11H2,1-10H3;2*13-14H,10-12H2,1-9H3;12-14H,10-11H2,1-9H3. The van der Waals surface area contributed by atoms with E-state index in [2.05, 4.69) is 333 Å².